The quantitative estimate of drug-likeness (QED) is 0.596. The van der Waals surface area contributed by atoms with Gasteiger partial charge in [0.15, 0.2) is 0 Å². The number of carboxylic acid groups (broad SMARTS) is 1. The van der Waals surface area contributed by atoms with Crippen molar-refractivity contribution in [3.8, 4) is 0 Å². The van der Waals surface area contributed by atoms with Crippen molar-refractivity contribution in [1.29, 1.82) is 0 Å². The van der Waals surface area contributed by atoms with Crippen LogP contribution in [0.25, 0.3) is 10.9 Å². The summed E-state index contributed by atoms with van der Waals surface area (Å²) in [5.41, 5.74) is 1.52. The van der Waals surface area contributed by atoms with Crippen molar-refractivity contribution in [3.63, 3.8) is 0 Å². The van der Waals surface area contributed by atoms with Gasteiger partial charge < -0.3 is 10.4 Å². The van der Waals surface area contributed by atoms with Crippen molar-refractivity contribution >= 4 is 22.8 Å². The largest absolute Gasteiger partial charge is 0.480 e. The number of amides is 1. The molecule has 1 aliphatic carbocycles. The van der Waals surface area contributed by atoms with E-state index in [4.69, 9.17) is 0 Å². The van der Waals surface area contributed by atoms with Crippen LogP contribution in [0.4, 0.5) is 0 Å². The lowest BCUT2D eigenvalue weighted by molar-refractivity contribution is -0.142. The van der Waals surface area contributed by atoms with Gasteiger partial charge in [-0.1, -0.05) is 42.5 Å². The number of carbonyl (C=O) groups excluding carboxylic acids is 1. The molecule has 0 spiro atoms. The number of carbonyl (C=O) groups is 2. The highest BCUT2D eigenvalue weighted by Crippen LogP contribution is 2.30. The predicted molar refractivity (Wildman–Crippen MR) is 121 cm³/mol. The van der Waals surface area contributed by atoms with Crippen molar-refractivity contribution in [2.45, 2.75) is 44.7 Å². The van der Waals surface area contributed by atoms with Crippen LogP contribution < -0.4 is 10.9 Å². The molecule has 1 atom stereocenters. The number of nitrogens with one attached hydrogen (secondary N) is 1. The van der Waals surface area contributed by atoms with E-state index in [0.29, 0.717) is 36.2 Å². The monoisotopic (exact) mass is 433 g/mol. The zero-order valence-electron chi connectivity index (χ0n) is 17.8. The summed E-state index contributed by atoms with van der Waals surface area (Å²) in [6.07, 6.45) is 4.86. The van der Waals surface area contributed by atoms with Crippen LogP contribution in [0.5, 0.6) is 0 Å². The van der Waals surface area contributed by atoms with Crippen LogP contribution in [0.1, 0.15) is 31.2 Å². The first-order chi connectivity index (χ1) is 15.5. The standard InChI is InChI=1S/C25H27N3O4/c29-23(27-22(25(31)32)14-17-6-2-1-3-7-17)19-12-10-18(11-13-19)15-28-16-26-21-9-5-4-8-20(21)24(28)30/h1-9,16,18-19,22H,10-15H2,(H,27,29)(H,31,32)/t18?,19?,22-/m0/s1. The molecule has 1 fully saturated rings. The molecule has 7 nitrogen and oxygen atoms in total. The normalized spacial score (nSPS) is 19.4. The van der Waals surface area contributed by atoms with E-state index in [1.807, 2.05) is 48.5 Å². The zero-order chi connectivity index (χ0) is 22.5. The number of aromatic nitrogens is 2. The Labute approximate surface area is 186 Å². The molecule has 7 heteroatoms. The van der Waals surface area contributed by atoms with E-state index in [2.05, 4.69) is 10.3 Å². The minimum absolute atomic E-state index is 0.0410. The van der Waals surface area contributed by atoms with Crippen molar-refractivity contribution < 1.29 is 14.7 Å². The topological polar surface area (TPSA) is 101 Å². The number of nitrogens with zero attached hydrogens (tertiary/aromatic N) is 2. The van der Waals surface area contributed by atoms with E-state index < -0.39 is 12.0 Å². The highest BCUT2D eigenvalue weighted by molar-refractivity contribution is 5.85. The molecule has 1 amide bonds. The Morgan fingerprint density at radius 2 is 1.72 bits per heavy atom. The average molecular weight is 434 g/mol. The van der Waals surface area contributed by atoms with Gasteiger partial charge >= 0.3 is 5.97 Å². The Hall–Kier alpha value is -3.48. The smallest absolute Gasteiger partial charge is 0.326 e. The Kier molecular flexibility index (Phi) is 6.63. The highest BCUT2D eigenvalue weighted by atomic mass is 16.4. The van der Waals surface area contributed by atoms with E-state index in [1.165, 1.54) is 0 Å². The molecule has 2 aromatic carbocycles. The minimum atomic E-state index is -1.03. The summed E-state index contributed by atoms with van der Waals surface area (Å²) in [6, 6.07) is 15.7. The first kappa shape index (κ1) is 21.7. The molecule has 2 N–H and O–H groups in total. The molecule has 166 valence electrons. The Morgan fingerprint density at radius 1 is 1.03 bits per heavy atom. The lowest BCUT2D eigenvalue weighted by atomic mass is 9.81. The van der Waals surface area contributed by atoms with Crippen LogP contribution >= 0.6 is 0 Å². The molecule has 1 heterocycles. The number of hydrogen-bond acceptors (Lipinski definition) is 4. The lowest BCUT2D eigenvalue weighted by Gasteiger charge is -2.29. The Balaban J connectivity index is 1.33. The van der Waals surface area contributed by atoms with Gasteiger partial charge in [0, 0.05) is 18.9 Å². The van der Waals surface area contributed by atoms with E-state index in [9.17, 15) is 19.5 Å². The molecule has 1 aliphatic rings. The first-order valence-electron chi connectivity index (χ1n) is 11.0. The second-order valence-electron chi connectivity index (χ2n) is 8.53. The van der Waals surface area contributed by atoms with E-state index in [-0.39, 0.29) is 23.8 Å². The van der Waals surface area contributed by atoms with Gasteiger partial charge in [0.05, 0.1) is 17.2 Å². The third kappa shape index (κ3) is 5.04. The maximum Gasteiger partial charge on any atom is 0.326 e. The second-order valence-corrected chi connectivity index (χ2v) is 8.53. The van der Waals surface area contributed by atoms with Gasteiger partial charge in [-0.3, -0.25) is 14.2 Å². The Morgan fingerprint density at radius 3 is 2.44 bits per heavy atom. The zero-order valence-corrected chi connectivity index (χ0v) is 17.8. The minimum Gasteiger partial charge on any atom is -0.480 e. The van der Waals surface area contributed by atoms with Crippen molar-refractivity contribution in [2.75, 3.05) is 0 Å². The maximum atomic E-state index is 12.7. The molecule has 32 heavy (non-hydrogen) atoms. The molecule has 4 rings (SSSR count). The molecule has 0 bridgehead atoms. The van der Waals surface area contributed by atoms with Crippen molar-refractivity contribution in [2.24, 2.45) is 11.8 Å². The lowest BCUT2D eigenvalue weighted by Crippen LogP contribution is -2.45. The summed E-state index contributed by atoms with van der Waals surface area (Å²) in [5, 5.41) is 12.9. The molecule has 0 aliphatic heterocycles. The second kappa shape index (κ2) is 9.77. The fraction of sp³-hybridized carbons (Fsp3) is 0.360. The molecular formula is C25H27N3O4. The molecule has 0 radical (unpaired) electrons. The van der Waals surface area contributed by atoms with Crippen LogP contribution in [-0.4, -0.2) is 32.6 Å². The molecular weight excluding hydrogens is 406 g/mol. The molecule has 0 unspecified atom stereocenters. The van der Waals surface area contributed by atoms with Crippen molar-refractivity contribution in [3.05, 3.63) is 76.8 Å². The molecule has 1 aromatic heterocycles. The number of benzene rings is 2. The van der Waals surface area contributed by atoms with Gasteiger partial charge in [0.25, 0.3) is 5.56 Å². The van der Waals surface area contributed by atoms with Crippen molar-refractivity contribution in [1.82, 2.24) is 14.9 Å². The van der Waals surface area contributed by atoms with E-state index in [1.54, 1.807) is 17.0 Å². The number of aliphatic carboxylic acids is 1. The molecule has 3 aromatic rings. The summed E-state index contributed by atoms with van der Waals surface area (Å²) < 4.78 is 1.66. The fourth-order valence-electron chi connectivity index (χ4n) is 4.46. The molecule has 1 saturated carbocycles. The van der Waals surface area contributed by atoms with Gasteiger partial charge in [0.1, 0.15) is 6.04 Å². The predicted octanol–water partition coefficient (Wildman–Crippen LogP) is 3.02. The van der Waals surface area contributed by atoms with Crippen LogP contribution in [-0.2, 0) is 22.6 Å². The fourth-order valence-corrected chi connectivity index (χ4v) is 4.46. The summed E-state index contributed by atoms with van der Waals surface area (Å²) in [5.74, 6) is -1.13. The number of fused-ring (bicyclic) bond motifs is 1. The van der Waals surface area contributed by atoms with Gasteiger partial charge in [-0.15, -0.1) is 0 Å². The summed E-state index contributed by atoms with van der Waals surface area (Å²) in [4.78, 5) is 41.5. The van der Waals surface area contributed by atoms with Gasteiger partial charge in [-0.25, -0.2) is 9.78 Å². The van der Waals surface area contributed by atoms with Gasteiger partial charge in [0.2, 0.25) is 5.91 Å². The van der Waals surface area contributed by atoms with Gasteiger partial charge in [-0.05, 0) is 49.3 Å². The number of para-hydroxylation sites is 1. The molecule has 0 saturated heterocycles. The van der Waals surface area contributed by atoms with Gasteiger partial charge in [-0.2, -0.15) is 0 Å². The van der Waals surface area contributed by atoms with Crippen LogP contribution in [0.3, 0.4) is 0 Å². The average Bonchev–Trinajstić information content (AvgIpc) is 2.81. The number of carboxylic acids is 1. The van der Waals surface area contributed by atoms with Crippen LogP contribution in [0.2, 0.25) is 0 Å². The van der Waals surface area contributed by atoms with Crippen LogP contribution in [0, 0.1) is 11.8 Å². The summed E-state index contributed by atoms with van der Waals surface area (Å²) >= 11 is 0. The number of rotatable bonds is 7. The van der Waals surface area contributed by atoms with E-state index in [0.717, 1.165) is 18.4 Å². The summed E-state index contributed by atoms with van der Waals surface area (Å²) in [7, 11) is 0. The third-order valence-electron chi connectivity index (χ3n) is 6.30. The maximum absolute atomic E-state index is 12.7. The Bertz CT molecular complexity index is 1150. The first-order valence-corrected chi connectivity index (χ1v) is 11.0. The van der Waals surface area contributed by atoms with E-state index >= 15 is 0 Å². The SMILES string of the molecule is O=C(N[C@@H](Cc1ccccc1)C(=O)O)C1CCC(Cn2cnc3ccccc3c2=O)CC1. The summed E-state index contributed by atoms with van der Waals surface area (Å²) in [6.45, 7) is 0.580. The van der Waals surface area contributed by atoms with Crippen LogP contribution in [0.15, 0.2) is 65.7 Å². The number of hydrogen-bond donors (Lipinski definition) is 2. The third-order valence-corrected chi connectivity index (χ3v) is 6.30. The highest BCUT2D eigenvalue weighted by Gasteiger charge is 2.29.